The first-order chi connectivity index (χ1) is 12.3. The molecule has 0 spiro atoms. The lowest BCUT2D eigenvalue weighted by Gasteiger charge is -2.23. The van der Waals surface area contributed by atoms with Crippen LogP contribution in [0.5, 0.6) is 11.5 Å². The molecule has 0 saturated carbocycles. The minimum Gasteiger partial charge on any atom is -0.454 e. The summed E-state index contributed by atoms with van der Waals surface area (Å²) in [7, 11) is 0. The number of nitrogens with zero attached hydrogens (tertiary/aromatic N) is 2. The minimum absolute atomic E-state index is 0.0938. The Morgan fingerprint density at radius 1 is 1.40 bits per heavy atom. The fourth-order valence-electron chi connectivity index (χ4n) is 3.12. The topological polar surface area (TPSA) is 63.7 Å². The normalized spacial score (nSPS) is 18.9. The van der Waals surface area contributed by atoms with Gasteiger partial charge in [0.15, 0.2) is 16.6 Å². The van der Waals surface area contributed by atoms with Gasteiger partial charge in [-0.1, -0.05) is 6.07 Å². The Bertz CT molecular complexity index is 776. The van der Waals surface area contributed by atoms with Crippen molar-refractivity contribution in [3.05, 3.63) is 41.4 Å². The zero-order valence-corrected chi connectivity index (χ0v) is 14.5. The first kappa shape index (κ1) is 16.0. The van der Waals surface area contributed by atoms with Crippen LogP contribution in [0.15, 0.2) is 35.9 Å². The maximum Gasteiger partial charge on any atom is 0.244 e. The molecule has 4 rings (SSSR count). The molecule has 25 heavy (non-hydrogen) atoms. The highest BCUT2D eigenvalue weighted by atomic mass is 32.1. The van der Waals surface area contributed by atoms with Crippen molar-refractivity contribution in [1.82, 2.24) is 10.3 Å². The summed E-state index contributed by atoms with van der Waals surface area (Å²) < 4.78 is 10.6. The van der Waals surface area contributed by atoms with Gasteiger partial charge in [0, 0.05) is 36.8 Å². The fourth-order valence-corrected chi connectivity index (χ4v) is 3.86. The number of anilines is 1. The number of amides is 1. The van der Waals surface area contributed by atoms with E-state index >= 15 is 0 Å². The number of carbonyl (C=O) groups is 1. The van der Waals surface area contributed by atoms with Gasteiger partial charge in [0.2, 0.25) is 12.7 Å². The van der Waals surface area contributed by atoms with E-state index in [1.54, 1.807) is 23.5 Å². The van der Waals surface area contributed by atoms with E-state index in [2.05, 4.69) is 15.2 Å². The Morgan fingerprint density at radius 3 is 3.20 bits per heavy atom. The van der Waals surface area contributed by atoms with Crippen molar-refractivity contribution < 1.29 is 14.3 Å². The summed E-state index contributed by atoms with van der Waals surface area (Å²) in [6.07, 6.45) is 7.37. The van der Waals surface area contributed by atoms with Crippen molar-refractivity contribution in [2.75, 3.05) is 24.8 Å². The van der Waals surface area contributed by atoms with E-state index in [4.69, 9.17) is 9.47 Å². The van der Waals surface area contributed by atoms with Crippen molar-refractivity contribution in [3.63, 3.8) is 0 Å². The number of carbonyl (C=O) groups excluding carboxylic acids is 1. The van der Waals surface area contributed by atoms with Crippen LogP contribution in [0.3, 0.4) is 0 Å². The third-order valence-electron chi connectivity index (χ3n) is 4.38. The highest BCUT2D eigenvalue weighted by Gasteiger charge is 2.26. The van der Waals surface area contributed by atoms with E-state index in [0.717, 1.165) is 35.8 Å². The number of ether oxygens (including phenoxy) is 2. The van der Waals surface area contributed by atoms with Gasteiger partial charge in [-0.3, -0.25) is 4.79 Å². The van der Waals surface area contributed by atoms with Crippen LogP contribution in [0, 0.1) is 0 Å². The van der Waals surface area contributed by atoms with Gasteiger partial charge < -0.3 is 19.7 Å². The van der Waals surface area contributed by atoms with E-state index in [-0.39, 0.29) is 12.7 Å². The second kappa shape index (κ2) is 7.14. The number of thiazole rings is 1. The van der Waals surface area contributed by atoms with Crippen LogP contribution in [-0.2, 0) is 4.79 Å². The lowest BCUT2D eigenvalue weighted by molar-refractivity contribution is -0.116. The number of nitrogens with one attached hydrogen (secondary N) is 1. The second-order valence-electron chi connectivity index (χ2n) is 6.00. The van der Waals surface area contributed by atoms with Gasteiger partial charge in [-0.05, 0) is 36.6 Å². The molecule has 7 heteroatoms. The van der Waals surface area contributed by atoms with E-state index in [9.17, 15) is 4.79 Å². The molecule has 6 nitrogen and oxygen atoms in total. The molecule has 1 unspecified atom stereocenters. The maximum atomic E-state index is 12.1. The monoisotopic (exact) mass is 357 g/mol. The van der Waals surface area contributed by atoms with Gasteiger partial charge in [-0.15, -0.1) is 11.3 Å². The molecule has 1 fully saturated rings. The molecule has 0 radical (unpaired) electrons. The third kappa shape index (κ3) is 3.61. The Kier molecular flexibility index (Phi) is 4.56. The molecule has 1 N–H and O–H groups in total. The van der Waals surface area contributed by atoms with E-state index in [0.29, 0.717) is 18.3 Å². The van der Waals surface area contributed by atoms with Crippen LogP contribution < -0.4 is 19.7 Å². The zero-order chi connectivity index (χ0) is 17.1. The smallest absolute Gasteiger partial charge is 0.244 e. The van der Waals surface area contributed by atoms with Gasteiger partial charge in [0.05, 0.1) is 0 Å². The van der Waals surface area contributed by atoms with Crippen molar-refractivity contribution in [2.24, 2.45) is 0 Å². The van der Waals surface area contributed by atoms with Crippen molar-refractivity contribution in [2.45, 2.75) is 18.9 Å². The minimum atomic E-state index is -0.0938. The van der Waals surface area contributed by atoms with Gasteiger partial charge >= 0.3 is 0 Å². The van der Waals surface area contributed by atoms with Crippen LogP contribution in [-0.4, -0.2) is 36.8 Å². The Hall–Kier alpha value is -2.54. The van der Waals surface area contributed by atoms with Crippen LogP contribution in [0.4, 0.5) is 5.13 Å². The highest BCUT2D eigenvalue weighted by Crippen LogP contribution is 2.32. The number of hydrogen-bond acceptors (Lipinski definition) is 6. The summed E-state index contributed by atoms with van der Waals surface area (Å²) in [5.41, 5.74) is 0.907. The predicted molar refractivity (Wildman–Crippen MR) is 97.1 cm³/mol. The molecule has 1 aromatic heterocycles. The van der Waals surface area contributed by atoms with Crippen LogP contribution >= 0.6 is 11.3 Å². The second-order valence-corrected chi connectivity index (χ2v) is 6.87. The first-order valence-electron chi connectivity index (χ1n) is 8.31. The molecular weight excluding hydrogens is 338 g/mol. The summed E-state index contributed by atoms with van der Waals surface area (Å²) in [6, 6.07) is 5.94. The Balaban J connectivity index is 1.31. The lowest BCUT2D eigenvalue weighted by Crippen LogP contribution is -2.39. The van der Waals surface area contributed by atoms with Gasteiger partial charge in [0.25, 0.3) is 0 Å². The summed E-state index contributed by atoms with van der Waals surface area (Å²) in [5.74, 6) is 1.36. The van der Waals surface area contributed by atoms with E-state index in [1.165, 1.54) is 0 Å². The van der Waals surface area contributed by atoms with Crippen molar-refractivity contribution in [1.29, 1.82) is 0 Å². The highest BCUT2D eigenvalue weighted by molar-refractivity contribution is 7.13. The lowest BCUT2D eigenvalue weighted by atomic mass is 10.2. The van der Waals surface area contributed by atoms with Crippen molar-refractivity contribution >= 4 is 28.5 Å². The summed E-state index contributed by atoms with van der Waals surface area (Å²) in [6.45, 7) is 1.88. The number of rotatable bonds is 5. The van der Waals surface area contributed by atoms with Crippen LogP contribution in [0.1, 0.15) is 18.4 Å². The molecule has 1 atom stereocenters. The molecule has 1 amide bonds. The molecule has 2 aliphatic heterocycles. The fraction of sp³-hybridized carbons (Fsp3) is 0.333. The SMILES string of the molecule is O=C(/C=C/c1ccc2c(c1)OCO2)NCC1CCCN1c1nccs1. The van der Waals surface area contributed by atoms with E-state index < -0.39 is 0 Å². The van der Waals surface area contributed by atoms with Crippen molar-refractivity contribution in [3.8, 4) is 11.5 Å². The Morgan fingerprint density at radius 2 is 2.32 bits per heavy atom. The summed E-state index contributed by atoms with van der Waals surface area (Å²) in [4.78, 5) is 18.8. The predicted octanol–water partition coefficient (Wildman–Crippen LogP) is 2.67. The quantitative estimate of drug-likeness (QED) is 0.834. The van der Waals surface area contributed by atoms with Gasteiger partial charge in [0.1, 0.15) is 0 Å². The molecule has 130 valence electrons. The van der Waals surface area contributed by atoms with Gasteiger partial charge in [-0.25, -0.2) is 4.98 Å². The van der Waals surface area contributed by atoms with Gasteiger partial charge in [-0.2, -0.15) is 0 Å². The summed E-state index contributed by atoms with van der Waals surface area (Å²) >= 11 is 1.64. The number of benzene rings is 1. The molecule has 2 aliphatic rings. The maximum absolute atomic E-state index is 12.1. The molecule has 0 aliphatic carbocycles. The third-order valence-corrected chi connectivity index (χ3v) is 5.19. The average Bonchev–Trinajstić information content (AvgIpc) is 3.38. The summed E-state index contributed by atoms with van der Waals surface area (Å²) in [5, 5.41) is 6.01. The zero-order valence-electron chi connectivity index (χ0n) is 13.7. The molecule has 1 aromatic carbocycles. The average molecular weight is 357 g/mol. The number of hydrogen-bond donors (Lipinski definition) is 1. The number of fused-ring (bicyclic) bond motifs is 1. The Labute approximate surface area is 150 Å². The standard InChI is InChI=1S/C18H19N3O3S/c22-17(6-4-13-3-5-15-16(10-13)24-12-23-15)20-11-14-2-1-8-21(14)18-19-7-9-25-18/h3-7,9-10,14H,1-2,8,11-12H2,(H,20,22)/b6-4+. The van der Waals surface area contributed by atoms with Crippen LogP contribution in [0.25, 0.3) is 6.08 Å². The number of aromatic nitrogens is 1. The largest absolute Gasteiger partial charge is 0.454 e. The first-order valence-corrected chi connectivity index (χ1v) is 9.19. The molecular formula is C18H19N3O3S. The molecule has 3 heterocycles. The molecule has 0 bridgehead atoms. The molecule has 1 saturated heterocycles. The molecule has 2 aromatic rings. The van der Waals surface area contributed by atoms with E-state index in [1.807, 2.05) is 29.8 Å². The van der Waals surface area contributed by atoms with Crippen LogP contribution in [0.2, 0.25) is 0 Å².